The maximum absolute atomic E-state index is 12.5. The number of carbonyl (C=O) groups is 3. The zero-order chi connectivity index (χ0) is 18.7. The van der Waals surface area contributed by atoms with Crippen LogP contribution in [0.25, 0.3) is 0 Å². The molecule has 1 heterocycles. The van der Waals surface area contributed by atoms with Gasteiger partial charge in [-0.15, -0.1) is 0 Å². The van der Waals surface area contributed by atoms with E-state index >= 15 is 0 Å². The van der Waals surface area contributed by atoms with E-state index in [0.29, 0.717) is 36.6 Å². The average Bonchev–Trinajstić information content (AvgIpc) is 2.83. The van der Waals surface area contributed by atoms with Crippen molar-refractivity contribution in [1.82, 2.24) is 9.80 Å². The Hall–Kier alpha value is -2.17. The van der Waals surface area contributed by atoms with Gasteiger partial charge in [-0.1, -0.05) is 37.3 Å². The highest BCUT2D eigenvalue weighted by Crippen LogP contribution is 2.25. The van der Waals surface area contributed by atoms with Gasteiger partial charge in [-0.3, -0.25) is 19.3 Å². The summed E-state index contributed by atoms with van der Waals surface area (Å²) in [7, 11) is 1.89. The third-order valence-electron chi connectivity index (χ3n) is 5.66. The molecule has 0 atom stereocenters. The standard InChI is InChI=1S/C21H28N2O3/c1-15-11-12-17-18(14-15)21(26)23(20(17)25)13-7-10-19(24)22(2)16-8-5-3-4-6-9-16/h11-12,14,16H,3-10,13H2,1-2H3. The minimum absolute atomic E-state index is 0.115. The third-order valence-corrected chi connectivity index (χ3v) is 5.66. The van der Waals surface area contributed by atoms with E-state index in [1.54, 1.807) is 12.1 Å². The smallest absolute Gasteiger partial charge is 0.261 e. The van der Waals surface area contributed by atoms with Crippen LogP contribution in [-0.2, 0) is 4.79 Å². The van der Waals surface area contributed by atoms with Crippen molar-refractivity contribution in [3.05, 3.63) is 34.9 Å². The van der Waals surface area contributed by atoms with Gasteiger partial charge in [0.2, 0.25) is 5.91 Å². The Kier molecular flexibility index (Phi) is 5.74. The van der Waals surface area contributed by atoms with Crippen molar-refractivity contribution >= 4 is 17.7 Å². The first-order chi connectivity index (χ1) is 12.5. The number of aryl methyl sites for hydroxylation is 1. The van der Waals surface area contributed by atoms with Gasteiger partial charge in [-0.05, 0) is 38.3 Å². The predicted octanol–water partition coefficient (Wildman–Crippen LogP) is 3.55. The average molecular weight is 356 g/mol. The molecule has 0 N–H and O–H groups in total. The lowest BCUT2D eigenvalue weighted by atomic mass is 10.1. The van der Waals surface area contributed by atoms with E-state index in [-0.39, 0.29) is 17.7 Å². The van der Waals surface area contributed by atoms with Crippen LogP contribution in [0.15, 0.2) is 18.2 Å². The van der Waals surface area contributed by atoms with Crippen molar-refractivity contribution in [3.63, 3.8) is 0 Å². The van der Waals surface area contributed by atoms with E-state index in [1.165, 1.54) is 30.6 Å². The van der Waals surface area contributed by atoms with Crippen molar-refractivity contribution in [2.45, 2.75) is 64.3 Å². The van der Waals surface area contributed by atoms with Gasteiger partial charge in [-0.25, -0.2) is 0 Å². The van der Waals surface area contributed by atoms with Crippen LogP contribution < -0.4 is 0 Å². The Morgan fingerprint density at radius 2 is 1.73 bits per heavy atom. The van der Waals surface area contributed by atoms with Crippen LogP contribution in [0.2, 0.25) is 0 Å². The summed E-state index contributed by atoms with van der Waals surface area (Å²) in [5.41, 5.74) is 1.92. The summed E-state index contributed by atoms with van der Waals surface area (Å²) in [6.07, 6.45) is 7.96. The van der Waals surface area contributed by atoms with Crippen LogP contribution in [0.4, 0.5) is 0 Å². The fourth-order valence-corrected chi connectivity index (χ4v) is 4.02. The number of benzene rings is 1. The molecule has 0 saturated heterocycles. The molecule has 5 nitrogen and oxygen atoms in total. The fourth-order valence-electron chi connectivity index (χ4n) is 4.02. The normalized spacial score (nSPS) is 18.0. The van der Waals surface area contributed by atoms with Gasteiger partial charge in [0.05, 0.1) is 11.1 Å². The predicted molar refractivity (Wildman–Crippen MR) is 100 cm³/mol. The zero-order valence-corrected chi connectivity index (χ0v) is 15.8. The summed E-state index contributed by atoms with van der Waals surface area (Å²) in [4.78, 5) is 40.5. The van der Waals surface area contributed by atoms with Gasteiger partial charge in [0.25, 0.3) is 11.8 Å². The van der Waals surface area contributed by atoms with E-state index in [4.69, 9.17) is 0 Å². The van der Waals surface area contributed by atoms with Gasteiger partial charge in [-0.2, -0.15) is 0 Å². The lowest BCUT2D eigenvalue weighted by Crippen LogP contribution is -2.37. The van der Waals surface area contributed by atoms with Crippen LogP contribution in [0.5, 0.6) is 0 Å². The molecule has 0 unspecified atom stereocenters. The SMILES string of the molecule is Cc1ccc2c(c1)C(=O)N(CCCC(=O)N(C)C1CCCCCC1)C2=O. The molecule has 3 amide bonds. The number of hydrogen-bond acceptors (Lipinski definition) is 3. The topological polar surface area (TPSA) is 57.7 Å². The van der Waals surface area contributed by atoms with Crippen molar-refractivity contribution in [3.8, 4) is 0 Å². The summed E-state index contributed by atoms with van der Waals surface area (Å²) in [6.45, 7) is 2.21. The molecule has 1 aromatic carbocycles. The molecule has 0 bridgehead atoms. The highest BCUT2D eigenvalue weighted by Gasteiger charge is 2.35. The Labute approximate surface area is 155 Å². The monoisotopic (exact) mass is 356 g/mol. The molecule has 0 aromatic heterocycles. The van der Waals surface area contributed by atoms with Crippen LogP contribution in [-0.4, -0.2) is 47.2 Å². The van der Waals surface area contributed by atoms with Crippen LogP contribution >= 0.6 is 0 Å². The molecule has 1 aliphatic heterocycles. The highest BCUT2D eigenvalue weighted by molar-refractivity contribution is 6.21. The number of rotatable bonds is 5. The molecule has 1 aromatic rings. The Balaban J connectivity index is 1.52. The number of nitrogens with zero attached hydrogens (tertiary/aromatic N) is 2. The number of hydrogen-bond donors (Lipinski definition) is 0. The molecular weight excluding hydrogens is 328 g/mol. The van der Waals surface area contributed by atoms with E-state index in [0.717, 1.165) is 18.4 Å². The van der Waals surface area contributed by atoms with E-state index in [9.17, 15) is 14.4 Å². The summed E-state index contributed by atoms with van der Waals surface area (Å²) in [6, 6.07) is 5.67. The maximum atomic E-state index is 12.5. The third kappa shape index (κ3) is 3.81. The Morgan fingerprint density at radius 1 is 1.08 bits per heavy atom. The Morgan fingerprint density at radius 3 is 2.42 bits per heavy atom. The highest BCUT2D eigenvalue weighted by atomic mass is 16.2. The number of carbonyl (C=O) groups excluding carboxylic acids is 3. The van der Waals surface area contributed by atoms with E-state index in [1.807, 2.05) is 24.9 Å². The number of imide groups is 1. The molecule has 5 heteroatoms. The lowest BCUT2D eigenvalue weighted by Gasteiger charge is -2.27. The zero-order valence-electron chi connectivity index (χ0n) is 15.8. The number of amides is 3. The molecule has 3 rings (SSSR count). The van der Waals surface area contributed by atoms with Crippen molar-refractivity contribution < 1.29 is 14.4 Å². The summed E-state index contributed by atoms with van der Waals surface area (Å²) < 4.78 is 0. The number of fused-ring (bicyclic) bond motifs is 1. The van der Waals surface area contributed by atoms with E-state index in [2.05, 4.69) is 0 Å². The van der Waals surface area contributed by atoms with Crippen molar-refractivity contribution in [2.75, 3.05) is 13.6 Å². The van der Waals surface area contributed by atoms with Gasteiger partial charge in [0.15, 0.2) is 0 Å². The second kappa shape index (κ2) is 8.02. The molecule has 1 fully saturated rings. The van der Waals surface area contributed by atoms with Crippen LogP contribution in [0.1, 0.15) is 77.6 Å². The summed E-state index contributed by atoms with van der Waals surface area (Å²) >= 11 is 0. The molecule has 140 valence electrons. The second-order valence-corrected chi connectivity index (χ2v) is 7.56. The first-order valence-corrected chi connectivity index (χ1v) is 9.71. The molecule has 1 saturated carbocycles. The summed E-state index contributed by atoms with van der Waals surface area (Å²) in [5, 5.41) is 0. The Bertz CT molecular complexity index is 705. The molecular formula is C21H28N2O3. The molecule has 1 aliphatic carbocycles. The molecule has 0 radical (unpaired) electrons. The van der Waals surface area contributed by atoms with Gasteiger partial charge >= 0.3 is 0 Å². The first-order valence-electron chi connectivity index (χ1n) is 9.71. The summed E-state index contributed by atoms with van der Waals surface area (Å²) in [5.74, 6) is -0.364. The molecule has 2 aliphatic rings. The lowest BCUT2D eigenvalue weighted by molar-refractivity contribution is -0.132. The molecule has 26 heavy (non-hydrogen) atoms. The fraction of sp³-hybridized carbons (Fsp3) is 0.571. The van der Waals surface area contributed by atoms with Gasteiger partial charge < -0.3 is 4.90 Å². The largest absolute Gasteiger partial charge is 0.343 e. The maximum Gasteiger partial charge on any atom is 0.261 e. The van der Waals surface area contributed by atoms with Crippen molar-refractivity contribution in [1.29, 1.82) is 0 Å². The quantitative estimate of drug-likeness (QED) is 0.599. The first kappa shape index (κ1) is 18.6. The van der Waals surface area contributed by atoms with Crippen LogP contribution in [0.3, 0.4) is 0 Å². The van der Waals surface area contributed by atoms with Gasteiger partial charge in [0.1, 0.15) is 0 Å². The van der Waals surface area contributed by atoms with E-state index < -0.39 is 0 Å². The molecule has 0 spiro atoms. The second-order valence-electron chi connectivity index (χ2n) is 7.56. The minimum atomic E-state index is -0.241. The minimum Gasteiger partial charge on any atom is -0.343 e. The van der Waals surface area contributed by atoms with Crippen molar-refractivity contribution in [2.24, 2.45) is 0 Å². The van der Waals surface area contributed by atoms with Gasteiger partial charge in [0, 0.05) is 26.1 Å². The van der Waals surface area contributed by atoms with Crippen LogP contribution in [0, 0.1) is 6.92 Å².